The van der Waals surface area contributed by atoms with E-state index < -0.39 is 5.97 Å². The number of benzene rings is 1. The van der Waals surface area contributed by atoms with E-state index in [1.165, 1.54) is 0 Å². The van der Waals surface area contributed by atoms with Gasteiger partial charge in [0.1, 0.15) is 0 Å². The molecule has 5 heteroatoms. The van der Waals surface area contributed by atoms with Crippen LogP contribution in [0.15, 0.2) is 24.3 Å². The summed E-state index contributed by atoms with van der Waals surface area (Å²) in [5.41, 5.74) is 2.69. The Morgan fingerprint density at radius 3 is 2.59 bits per heavy atom. The van der Waals surface area contributed by atoms with E-state index in [2.05, 4.69) is 10.3 Å². The van der Waals surface area contributed by atoms with Crippen molar-refractivity contribution in [3.63, 3.8) is 0 Å². The summed E-state index contributed by atoms with van der Waals surface area (Å²) in [5, 5.41) is 3.59. The van der Waals surface area contributed by atoms with Gasteiger partial charge in [-0.3, -0.25) is 9.78 Å². The number of carbonyl (C=O) groups is 2. The largest absolute Gasteiger partial charge is 0.452 e. The average Bonchev–Trinajstić information content (AvgIpc) is 2.44. The van der Waals surface area contributed by atoms with Gasteiger partial charge in [-0.25, -0.2) is 4.79 Å². The van der Waals surface area contributed by atoms with Gasteiger partial charge in [-0.05, 0) is 39.3 Å². The first-order valence-electron chi connectivity index (χ1n) is 7.22. The normalized spacial score (nSPS) is 10.8. The number of carbonyl (C=O) groups excluding carboxylic acids is 2. The number of nitrogens with zero attached hydrogens (tertiary/aromatic N) is 1. The zero-order valence-electron chi connectivity index (χ0n) is 13.3. The number of esters is 1. The molecule has 1 amide bonds. The number of rotatable bonds is 4. The van der Waals surface area contributed by atoms with Gasteiger partial charge in [0, 0.05) is 11.4 Å². The molecule has 0 aliphatic heterocycles. The number of hydrogen-bond acceptors (Lipinski definition) is 4. The molecule has 116 valence electrons. The number of aromatic nitrogens is 1. The van der Waals surface area contributed by atoms with Crippen LogP contribution in [0.1, 0.15) is 35.5 Å². The van der Waals surface area contributed by atoms with Crippen LogP contribution in [-0.4, -0.2) is 29.5 Å². The van der Waals surface area contributed by atoms with Crippen molar-refractivity contribution in [2.45, 2.75) is 33.7 Å². The number of fused-ring (bicyclic) bond motifs is 1. The third kappa shape index (κ3) is 3.42. The lowest BCUT2D eigenvalue weighted by Gasteiger charge is -2.12. The van der Waals surface area contributed by atoms with Crippen LogP contribution in [0.3, 0.4) is 0 Å². The van der Waals surface area contributed by atoms with Crippen LogP contribution >= 0.6 is 0 Å². The van der Waals surface area contributed by atoms with Gasteiger partial charge in [0.15, 0.2) is 6.61 Å². The molecule has 1 aromatic heterocycles. The van der Waals surface area contributed by atoms with Crippen molar-refractivity contribution in [3.8, 4) is 0 Å². The molecule has 0 spiro atoms. The zero-order valence-corrected chi connectivity index (χ0v) is 13.3. The molecular weight excluding hydrogens is 280 g/mol. The van der Waals surface area contributed by atoms with Gasteiger partial charge in [0.2, 0.25) is 0 Å². The number of ether oxygens (including phenoxy) is 1. The molecule has 2 aromatic rings. The maximum absolute atomic E-state index is 12.3. The van der Waals surface area contributed by atoms with Crippen molar-refractivity contribution >= 4 is 22.8 Å². The first-order valence-corrected chi connectivity index (χ1v) is 7.22. The first-order chi connectivity index (χ1) is 10.4. The summed E-state index contributed by atoms with van der Waals surface area (Å²) >= 11 is 0. The smallest absolute Gasteiger partial charge is 0.340 e. The van der Waals surface area contributed by atoms with Gasteiger partial charge < -0.3 is 10.1 Å². The van der Waals surface area contributed by atoms with Gasteiger partial charge in [-0.2, -0.15) is 0 Å². The molecule has 22 heavy (non-hydrogen) atoms. The van der Waals surface area contributed by atoms with Crippen molar-refractivity contribution in [1.82, 2.24) is 10.3 Å². The molecule has 0 radical (unpaired) electrons. The molecule has 1 N–H and O–H groups in total. The highest BCUT2D eigenvalue weighted by atomic mass is 16.5. The summed E-state index contributed by atoms with van der Waals surface area (Å²) in [7, 11) is 0. The van der Waals surface area contributed by atoms with Crippen LogP contribution in [0.25, 0.3) is 10.9 Å². The third-order valence-corrected chi connectivity index (χ3v) is 3.32. The summed E-state index contributed by atoms with van der Waals surface area (Å²) in [6.07, 6.45) is 0. The predicted molar refractivity (Wildman–Crippen MR) is 84.8 cm³/mol. The highest BCUT2D eigenvalue weighted by molar-refractivity contribution is 5.99. The van der Waals surface area contributed by atoms with Crippen molar-refractivity contribution in [2.24, 2.45) is 0 Å². The summed E-state index contributed by atoms with van der Waals surface area (Å²) < 4.78 is 5.11. The molecule has 0 saturated carbocycles. The molecule has 5 nitrogen and oxygen atoms in total. The fraction of sp³-hybridized carbons (Fsp3) is 0.353. The Bertz CT molecular complexity index is 723. The maximum atomic E-state index is 12.3. The molecule has 0 aliphatic rings. The summed E-state index contributed by atoms with van der Waals surface area (Å²) in [4.78, 5) is 28.3. The van der Waals surface area contributed by atoms with Crippen LogP contribution in [-0.2, 0) is 9.53 Å². The molecule has 0 bridgehead atoms. The minimum absolute atomic E-state index is 0.0111. The molecule has 0 saturated heterocycles. The van der Waals surface area contributed by atoms with E-state index in [0.717, 1.165) is 16.5 Å². The van der Waals surface area contributed by atoms with Gasteiger partial charge in [0.05, 0.1) is 16.8 Å². The second-order valence-electron chi connectivity index (χ2n) is 5.51. The number of pyridine rings is 1. The molecule has 0 atom stereocenters. The standard InChI is InChI=1S/C17H20N2O3/c1-10(2)18-15(20)9-22-17(21)16-11(3)13-7-5-6-8-14(13)19-12(16)4/h5-8,10H,9H2,1-4H3,(H,18,20). The lowest BCUT2D eigenvalue weighted by atomic mass is 10.0. The highest BCUT2D eigenvalue weighted by Crippen LogP contribution is 2.23. The van der Waals surface area contributed by atoms with Gasteiger partial charge in [-0.15, -0.1) is 0 Å². The van der Waals surface area contributed by atoms with Crippen LogP contribution < -0.4 is 5.32 Å². The van der Waals surface area contributed by atoms with Crippen LogP contribution in [0.5, 0.6) is 0 Å². The van der Waals surface area contributed by atoms with E-state index >= 15 is 0 Å². The van der Waals surface area contributed by atoms with Crippen molar-refractivity contribution in [1.29, 1.82) is 0 Å². The van der Waals surface area contributed by atoms with E-state index in [4.69, 9.17) is 4.74 Å². The van der Waals surface area contributed by atoms with E-state index in [1.807, 2.05) is 45.0 Å². The van der Waals surface area contributed by atoms with Crippen molar-refractivity contribution in [3.05, 3.63) is 41.1 Å². The fourth-order valence-electron chi connectivity index (χ4n) is 2.40. The molecular formula is C17H20N2O3. The Labute approximate surface area is 129 Å². The number of aryl methyl sites for hydroxylation is 2. The monoisotopic (exact) mass is 300 g/mol. The minimum Gasteiger partial charge on any atom is -0.452 e. The fourth-order valence-corrected chi connectivity index (χ4v) is 2.40. The van der Waals surface area contributed by atoms with Crippen molar-refractivity contribution < 1.29 is 14.3 Å². The number of amides is 1. The second kappa shape index (κ2) is 6.56. The average molecular weight is 300 g/mol. The van der Waals surface area contributed by atoms with E-state index in [9.17, 15) is 9.59 Å². The number of nitrogens with one attached hydrogen (secondary N) is 1. The molecule has 0 fully saturated rings. The summed E-state index contributed by atoms with van der Waals surface area (Å²) in [5.74, 6) is -0.834. The predicted octanol–water partition coefficient (Wildman–Crippen LogP) is 2.53. The lowest BCUT2D eigenvalue weighted by Crippen LogP contribution is -2.34. The minimum atomic E-state index is -0.521. The van der Waals surface area contributed by atoms with Gasteiger partial charge in [-0.1, -0.05) is 18.2 Å². The summed E-state index contributed by atoms with van der Waals surface area (Å²) in [6, 6.07) is 7.64. The highest BCUT2D eigenvalue weighted by Gasteiger charge is 2.18. The van der Waals surface area contributed by atoms with E-state index in [-0.39, 0.29) is 18.6 Å². The van der Waals surface area contributed by atoms with Crippen LogP contribution in [0.2, 0.25) is 0 Å². The molecule has 1 heterocycles. The molecule has 1 aromatic carbocycles. The maximum Gasteiger partial charge on any atom is 0.340 e. The SMILES string of the molecule is Cc1nc2ccccc2c(C)c1C(=O)OCC(=O)NC(C)C. The van der Waals surface area contributed by atoms with Crippen LogP contribution in [0, 0.1) is 13.8 Å². The van der Waals surface area contributed by atoms with Crippen LogP contribution in [0.4, 0.5) is 0 Å². The first kappa shape index (κ1) is 15.9. The Hall–Kier alpha value is -2.43. The molecule has 2 rings (SSSR count). The Kier molecular flexibility index (Phi) is 4.75. The second-order valence-corrected chi connectivity index (χ2v) is 5.51. The summed E-state index contributed by atoms with van der Waals surface area (Å²) in [6.45, 7) is 7.04. The van der Waals surface area contributed by atoms with Gasteiger partial charge >= 0.3 is 5.97 Å². The molecule has 0 unspecified atom stereocenters. The van der Waals surface area contributed by atoms with Crippen molar-refractivity contribution in [2.75, 3.05) is 6.61 Å². The number of para-hydroxylation sites is 1. The Balaban J connectivity index is 2.23. The van der Waals surface area contributed by atoms with E-state index in [1.54, 1.807) is 6.92 Å². The lowest BCUT2D eigenvalue weighted by molar-refractivity contribution is -0.124. The quantitative estimate of drug-likeness (QED) is 0.881. The Morgan fingerprint density at radius 2 is 1.91 bits per heavy atom. The third-order valence-electron chi connectivity index (χ3n) is 3.32. The zero-order chi connectivity index (χ0) is 16.3. The topological polar surface area (TPSA) is 68.3 Å². The number of hydrogen-bond donors (Lipinski definition) is 1. The Morgan fingerprint density at radius 1 is 1.23 bits per heavy atom. The molecule has 0 aliphatic carbocycles. The van der Waals surface area contributed by atoms with Gasteiger partial charge in [0.25, 0.3) is 5.91 Å². The van der Waals surface area contributed by atoms with E-state index in [0.29, 0.717) is 11.3 Å².